The van der Waals surface area contributed by atoms with Crippen LogP contribution in [0.1, 0.15) is 52.7 Å². The van der Waals surface area contributed by atoms with Crippen LogP contribution in [0.25, 0.3) is 0 Å². The molecule has 0 amide bonds. The predicted octanol–water partition coefficient (Wildman–Crippen LogP) is 4.04. The van der Waals surface area contributed by atoms with E-state index < -0.39 is 0 Å². The van der Waals surface area contributed by atoms with Crippen LogP contribution < -0.4 is 10.1 Å². The molecule has 1 heterocycles. The SMILES string of the molecule is CC(C)(C)c1ccc2c(c1C(C)(C)C)NCO2. The van der Waals surface area contributed by atoms with Crippen molar-refractivity contribution >= 4 is 5.69 Å². The van der Waals surface area contributed by atoms with E-state index in [1.54, 1.807) is 0 Å². The summed E-state index contributed by atoms with van der Waals surface area (Å²) in [6.07, 6.45) is 0. The quantitative estimate of drug-likeness (QED) is 0.730. The summed E-state index contributed by atoms with van der Waals surface area (Å²) >= 11 is 0. The number of hydrogen-bond acceptors (Lipinski definition) is 2. The van der Waals surface area contributed by atoms with Crippen molar-refractivity contribution in [3.8, 4) is 5.75 Å². The van der Waals surface area contributed by atoms with Gasteiger partial charge in [-0.1, -0.05) is 47.6 Å². The molecule has 17 heavy (non-hydrogen) atoms. The highest BCUT2D eigenvalue weighted by Crippen LogP contribution is 2.44. The highest BCUT2D eigenvalue weighted by atomic mass is 16.5. The third-order valence-electron chi connectivity index (χ3n) is 3.20. The summed E-state index contributed by atoms with van der Waals surface area (Å²) in [4.78, 5) is 0. The van der Waals surface area contributed by atoms with Gasteiger partial charge in [-0.2, -0.15) is 0 Å². The van der Waals surface area contributed by atoms with Crippen molar-refractivity contribution in [3.63, 3.8) is 0 Å². The maximum Gasteiger partial charge on any atom is 0.159 e. The normalized spacial score (nSPS) is 15.2. The van der Waals surface area contributed by atoms with Crippen molar-refractivity contribution in [2.24, 2.45) is 0 Å². The van der Waals surface area contributed by atoms with Crippen LogP contribution in [0.4, 0.5) is 5.69 Å². The van der Waals surface area contributed by atoms with Crippen LogP contribution in [-0.4, -0.2) is 6.73 Å². The van der Waals surface area contributed by atoms with E-state index in [0.29, 0.717) is 6.73 Å². The van der Waals surface area contributed by atoms with E-state index >= 15 is 0 Å². The number of nitrogens with one attached hydrogen (secondary N) is 1. The minimum absolute atomic E-state index is 0.120. The Labute approximate surface area is 104 Å². The van der Waals surface area contributed by atoms with Crippen LogP contribution in [0, 0.1) is 0 Å². The number of benzene rings is 1. The first-order valence-corrected chi connectivity index (χ1v) is 6.26. The van der Waals surface area contributed by atoms with E-state index in [0.717, 1.165) is 5.75 Å². The lowest BCUT2D eigenvalue weighted by molar-refractivity contribution is 0.372. The maximum atomic E-state index is 5.59. The largest absolute Gasteiger partial charge is 0.471 e. The fourth-order valence-corrected chi connectivity index (χ4v) is 2.47. The van der Waals surface area contributed by atoms with E-state index in [4.69, 9.17) is 4.74 Å². The summed E-state index contributed by atoms with van der Waals surface area (Å²) in [5.41, 5.74) is 4.25. The Hall–Kier alpha value is -1.18. The third-order valence-corrected chi connectivity index (χ3v) is 3.20. The van der Waals surface area contributed by atoms with Crippen LogP contribution in [-0.2, 0) is 10.8 Å². The van der Waals surface area contributed by atoms with Gasteiger partial charge in [0, 0.05) is 0 Å². The lowest BCUT2D eigenvalue weighted by Crippen LogP contribution is -2.23. The Balaban J connectivity index is 2.70. The molecule has 2 rings (SSSR count). The van der Waals surface area contributed by atoms with Crippen molar-refractivity contribution in [2.75, 3.05) is 12.0 Å². The zero-order valence-electron chi connectivity index (χ0n) is 11.8. The molecule has 0 atom stereocenters. The summed E-state index contributed by atoms with van der Waals surface area (Å²) in [6.45, 7) is 14.2. The molecule has 0 saturated carbocycles. The van der Waals surface area contributed by atoms with E-state index in [1.807, 2.05) is 0 Å². The first-order chi connectivity index (χ1) is 7.71. The molecule has 0 spiro atoms. The first-order valence-electron chi connectivity index (χ1n) is 6.26. The fraction of sp³-hybridized carbons (Fsp3) is 0.600. The molecular formula is C15H23NO. The van der Waals surface area contributed by atoms with E-state index in [2.05, 4.69) is 59.0 Å². The Morgan fingerprint density at radius 3 is 2.18 bits per heavy atom. The Bertz CT molecular complexity index is 435. The van der Waals surface area contributed by atoms with Crippen LogP contribution >= 0.6 is 0 Å². The van der Waals surface area contributed by atoms with Gasteiger partial charge in [0.25, 0.3) is 0 Å². The smallest absolute Gasteiger partial charge is 0.159 e. The number of hydrogen-bond donors (Lipinski definition) is 1. The summed E-state index contributed by atoms with van der Waals surface area (Å²) in [5, 5.41) is 3.37. The third kappa shape index (κ3) is 2.13. The molecule has 2 heteroatoms. The van der Waals surface area contributed by atoms with Crippen LogP contribution in [0.15, 0.2) is 12.1 Å². The van der Waals surface area contributed by atoms with Gasteiger partial charge in [0.1, 0.15) is 5.75 Å². The van der Waals surface area contributed by atoms with Gasteiger partial charge in [0.15, 0.2) is 6.73 Å². The Morgan fingerprint density at radius 2 is 1.65 bits per heavy atom. The van der Waals surface area contributed by atoms with Crippen molar-refractivity contribution in [2.45, 2.75) is 52.4 Å². The molecule has 0 bridgehead atoms. The average Bonchev–Trinajstić information content (AvgIpc) is 2.59. The lowest BCUT2D eigenvalue weighted by atomic mass is 9.74. The van der Waals surface area contributed by atoms with Gasteiger partial charge in [0.2, 0.25) is 0 Å². The van der Waals surface area contributed by atoms with E-state index in [9.17, 15) is 0 Å². The Kier molecular flexibility index (Phi) is 2.64. The number of ether oxygens (including phenoxy) is 1. The van der Waals surface area contributed by atoms with Crippen LogP contribution in [0.5, 0.6) is 5.75 Å². The highest BCUT2D eigenvalue weighted by molar-refractivity contribution is 5.69. The molecule has 0 aliphatic carbocycles. The second kappa shape index (κ2) is 3.66. The van der Waals surface area contributed by atoms with Crippen molar-refractivity contribution in [1.29, 1.82) is 0 Å². The maximum absolute atomic E-state index is 5.59. The minimum atomic E-state index is 0.120. The molecule has 1 aromatic carbocycles. The zero-order valence-corrected chi connectivity index (χ0v) is 11.8. The van der Waals surface area contributed by atoms with Gasteiger partial charge in [0.05, 0.1) is 5.69 Å². The van der Waals surface area contributed by atoms with E-state index in [-0.39, 0.29) is 10.8 Å². The number of rotatable bonds is 0. The molecule has 1 N–H and O–H groups in total. The van der Waals surface area contributed by atoms with Crippen molar-refractivity contribution < 1.29 is 4.74 Å². The van der Waals surface area contributed by atoms with Gasteiger partial charge in [-0.05, 0) is 28.0 Å². The standard InChI is InChI=1S/C15H23NO/c1-14(2,3)10-7-8-11-13(16-9-17-11)12(10)15(4,5)6/h7-8,16H,9H2,1-6H3. The second-order valence-electron chi connectivity index (χ2n) is 6.83. The lowest BCUT2D eigenvalue weighted by Gasteiger charge is -2.31. The predicted molar refractivity (Wildman–Crippen MR) is 73.0 cm³/mol. The fourth-order valence-electron chi connectivity index (χ4n) is 2.47. The molecule has 1 aliphatic rings. The number of anilines is 1. The zero-order chi connectivity index (χ0) is 12.8. The first kappa shape index (κ1) is 12.3. The molecule has 0 saturated heterocycles. The second-order valence-corrected chi connectivity index (χ2v) is 6.83. The summed E-state index contributed by atoms with van der Waals surface area (Å²) in [7, 11) is 0. The van der Waals surface area contributed by atoms with Gasteiger partial charge in [-0.15, -0.1) is 0 Å². The molecule has 0 radical (unpaired) electrons. The summed E-state index contributed by atoms with van der Waals surface area (Å²) < 4.78 is 5.59. The summed E-state index contributed by atoms with van der Waals surface area (Å²) in [6, 6.07) is 4.30. The molecule has 0 fully saturated rings. The number of fused-ring (bicyclic) bond motifs is 1. The van der Waals surface area contributed by atoms with Crippen LogP contribution in [0.3, 0.4) is 0 Å². The molecule has 0 aromatic heterocycles. The molecule has 1 aliphatic heterocycles. The van der Waals surface area contributed by atoms with E-state index in [1.165, 1.54) is 16.8 Å². The average molecular weight is 233 g/mol. The Morgan fingerprint density at radius 1 is 1.00 bits per heavy atom. The molecule has 2 nitrogen and oxygen atoms in total. The van der Waals surface area contributed by atoms with Gasteiger partial charge in [-0.25, -0.2) is 0 Å². The highest BCUT2D eigenvalue weighted by Gasteiger charge is 2.31. The topological polar surface area (TPSA) is 21.3 Å². The summed E-state index contributed by atoms with van der Waals surface area (Å²) in [5.74, 6) is 0.989. The van der Waals surface area contributed by atoms with Crippen LogP contribution in [0.2, 0.25) is 0 Å². The van der Waals surface area contributed by atoms with Gasteiger partial charge >= 0.3 is 0 Å². The monoisotopic (exact) mass is 233 g/mol. The minimum Gasteiger partial charge on any atom is -0.471 e. The molecule has 0 unspecified atom stereocenters. The molecule has 1 aromatic rings. The molecular weight excluding hydrogens is 210 g/mol. The molecule has 94 valence electrons. The van der Waals surface area contributed by atoms with Gasteiger partial charge < -0.3 is 10.1 Å². The van der Waals surface area contributed by atoms with Gasteiger partial charge in [-0.3, -0.25) is 0 Å². The van der Waals surface area contributed by atoms with Crippen molar-refractivity contribution in [1.82, 2.24) is 0 Å². The van der Waals surface area contributed by atoms with Crippen molar-refractivity contribution in [3.05, 3.63) is 23.3 Å².